The quantitative estimate of drug-likeness (QED) is 0.724. The first kappa shape index (κ1) is 15.7. The van der Waals surface area contributed by atoms with Crippen molar-refractivity contribution < 1.29 is 4.39 Å². The fraction of sp³-hybridized carbons (Fsp3) is 0.250. The standard InChI is InChI=1S/C20H19FN4/c21-19-12-17(6-7-18(19)15-4-2-1-3-5-15)25-10-8-16(9-11-25)20-23-13-22-14-24-20/h1-7,12-14,16H,8-11H2. The highest BCUT2D eigenvalue weighted by Crippen LogP contribution is 2.31. The van der Waals surface area contributed by atoms with E-state index in [0.29, 0.717) is 11.5 Å². The Morgan fingerprint density at radius 1 is 0.920 bits per heavy atom. The molecule has 0 atom stereocenters. The normalized spacial score (nSPS) is 15.3. The summed E-state index contributed by atoms with van der Waals surface area (Å²) < 4.78 is 14.6. The van der Waals surface area contributed by atoms with E-state index >= 15 is 0 Å². The van der Waals surface area contributed by atoms with Gasteiger partial charge in [-0.2, -0.15) is 0 Å². The summed E-state index contributed by atoms with van der Waals surface area (Å²) in [6.45, 7) is 1.75. The Hall–Kier alpha value is -2.82. The fourth-order valence-electron chi connectivity index (χ4n) is 3.41. The van der Waals surface area contributed by atoms with Crippen LogP contribution in [0.1, 0.15) is 24.6 Å². The van der Waals surface area contributed by atoms with Crippen molar-refractivity contribution in [2.45, 2.75) is 18.8 Å². The average molecular weight is 334 g/mol. The van der Waals surface area contributed by atoms with Crippen LogP contribution in [0, 0.1) is 5.82 Å². The third kappa shape index (κ3) is 3.36. The molecule has 1 saturated heterocycles. The molecular weight excluding hydrogens is 315 g/mol. The van der Waals surface area contributed by atoms with E-state index in [1.807, 2.05) is 42.5 Å². The number of aromatic nitrogens is 3. The second-order valence-corrected chi connectivity index (χ2v) is 6.29. The third-order valence-corrected chi connectivity index (χ3v) is 4.78. The number of benzene rings is 2. The van der Waals surface area contributed by atoms with Crippen LogP contribution in [-0.2, 0) is 0 Å². The van der Waals surface area contributed by atoms with Crippen molar-refractivity contribution in [2.24, 2.45) is 0 Å². The molecule has 1 aliphatic heterocycles. The summed E-state index contributed by atoms with van der Waals surface area (Å²) in [6, 6.07) is 15.2. The molecule has 25 heavy (non-hydrogen) atoms. The second-order valence-electron chi connectivity index (χ2n) is 6.29. The van der Waals surface area contributed by atoms with Gasteiger partial charge in [0.2, 0.25) is 0 Å². The minimum Gasteiger partial charge on any atom is -0.371 e. The number of hydrogen-bond donors (Lipinski definition) is 0. The lowest BCUT2D eigenvalue weighted by Crippen LogP contribution is -2.33. The maximum Gasteiger partial charge on any atom is 0.135 e. The van der Waals surface area contributed by atoms with Crippen molar-refractivity contribution in [2.75, 3.05) is 18.0 Å². The number of nitrogens with zero attached hydrogens (tertiary/aromatic N) is 4. The molecule has 3 aromatic rings. The van der Waals surface area contributed by atoms with Crippen molar-refractivity contribution in [3.8, 4) is 11.1 Å². The predicted molar refractivity (Wildman–Crippen MR) is 95.9 cm³/mol. The Kier molecular flexibility index (Phi) is 4.37. The molecule has 0 aliphatic carbocycles. The van der Waals surface area contributed by atoms with E-state index in [2.05, 4.69) is 19.9 Å². The summed E-state index contributed by atoms with van der Waals surface area (Å²) in [7, 11) is 0. The Bertz CT molecular complexity index is 831. The monoisotopic (exact) mass is 334 g/mol. The van der Waals surface area contributed by atoms with Gasteiger partial charge in [-0.25, -0.2) is 19.3 Å². The topological polar surface area (TPSA) is 41.9 Å². The highest BCUT2D eigenvalue weighted by molar-refractivity contribution is 5.67. The molecule has 0 amide bonds. The number of anilines is 1. The first-order valence-corrected chi connectivity index (χ1v) is 8.53. The number of piperidine rings is 1. The maximum absolute atomic E-state index is 14.6. The van der Waals surface area contributed by atoms with Crippen LogP contribution in [0.3, 0.4) is 0 Å². The Morgan fingerprint density at radius 3 is 2.32 bits per heavy atom. The van der Waals surface area contributed by atoms with Crippen LogP contribution in [0.5, 0.6) is 0 Å². The lowest BCUT2D eigenvalue weighted by atomic mass is 9.95. The van der Waals surface area contributed by atoms with Crippen LogP contribution >= 0.6 is 0 Å². The van der Waals surface area contributed by atoms with Gasteiger partial charge < -0.3 is 4.90 Å². The van der Waals surface area contributed by atoms with Crippen molar-refractivity contribution in [3.63, 3.8) is 0 Å². The molecule has 2 aromatic carbocycles. The lowest BCUT2D eigenvalue weighted by molar-refractivity contribution is 0.483. The van der Waals surface area contributed by atoms with Crippen LogP contribution in [0.4, 0.5) is 10.1 Å². The van der Waals surface area contributed by atoms with Gasteiger partial charge in [-0.05, 0) is 36.6 Å². The van der Waals surface area contributed by atoms with Gasteiger partial charge in [0.05, 0.1) is 0 Å². The predicted octanol–water partition coefficient (Wildman–Crippen LogP) is 4.06. The van der Waals surface area contributed by atoms with Crippen LogP contribution in [0.2, 0.25) is 0 Å². The summed E-state index contributed by atoms with van der Waals surface area (Å²) in [6.07, 6.45) is 5.02. The molecule has 1 aromatic heterocycles. The van der Waals surface area contributed by atoms with Gasteiger partial charge in [0.25, 0.3) is 0 Å². The van der Waals surface area contributed by atoms with Gasteiger partial charge in [-0.1, -0.05) is 30.3 Å². The first-order chi connectivity index (χ1) is 12.3. The van der Waals surface area contributed by atoms with E-state index in [1.165, 1.54) is 0 Å². The molecule has 0 radical (unpaired) electrons. The van der Waals surface area contributed by atoms with Crippen LogP contribution in [0.15, 0.2) is 61.2 Å². The molecule has 0 N–H and O–H groups in total. The highest BCUT2D eigenvalue weighted by Gasteiger charge is 2.23. The summed E-state index contributed by atoms with van der Waals surface area (Å²) in [5, 5.41) is 0. The van der Waals surface area contributed by atoms with Gasteiger partial charge in [-0.15, -0.1) is 0 Å². The van der Waals surface area contributed by atoms with E-state index in [-0.39, 0.29) is 5.82 Å². The summed E-state index contributed by atoms with van der Waals surface area (Å²) in [5.41, 5.74) is 2.48. The SMILES string of the molecule is Fc1cc(N2CCC(c3ncncn3)CC2)ccc1-c1ccccc1. The molecule has 0 unspecified atom stereocenters. The van der Waals surface area contributed by atoms with Crippen molar-refractivity contribution in [3.05, 3.63) is 72.8 Å². The van der Waals surface area contributed by atoms with Gasteiger partial charge in [0.15, 0.2) is 0 Å². The molecule has 0 saturated carbocycles. The smallest absolute Gasteiger partial charge is 0.135 e. The summed E-state index contributed by atoms with van der Waals surface area (Å²) in [4.78, 5) is 14.6. The van der Waals surface area contributed by atoms with Gasteiger partial charge in [0.1, 0.15) is 24.3 Å². The van der Waals surface area contributed by atoms with E-state index < -0.39 is 0 Å². The van der Waals surface area contributed by atoms with E-state index in [4.69, 9.17) is 0 Å². The molecule has 126 valence electrons. The van der Waals surface area contributed by atoms with Crippen molar-refractivity contribution in [1.29, 1.82) is 0 Å². The van der Waals surface area contributed by atoms with Gasteiger partial charge in [-0.3, -0.25) is 0 Å². The number of halogens is 1. The molecule has 1 fully saturated rings. The van der Waals surface area contributed by atoms with Crippen molar-refractivity contribution >= 4 is 5.69 Å². The van der Waals surface area contributed by atoms with Crippen LogP contribution in [0.25, 0.3) is 11.1 Å². The van der Waals surface area contributed by atoms with Crippen LogP contribution in [-0.4, -0.2) is 28.0 Å². The Morgan fingerprint density at radius 2 is 1.64 bits per heavy atom. The summed E-state index contributed by atoms with van der Waals surface area (Å²) >= 11 is 0. The fourth-order valence-corrected chi connectivity index (χ4v) is 3.41. The van der Waals surface area contributed by atoms with E-state index in [0.717, 1.165) is 43.0 Å². The van der Waals surface area contributed by atoms with Gasteiger partial charge in [0, 0.05) is 30.3 Å². The molecule has 2 heterocycles. The molecule has 0 spiro atoms. The molecule has 1 aliphatic rings. The zero-order valence-electron chi connectivity index (χ0n) is 13.8. The molecule has 5 heteroatoms. The zero-order chi connectivity index (χ0) is 17.1. The largest absolute Gasteiger partial charge is 0.371 e. The Labute approximate surface area is 146 Å². The minimum atomic E-state index is -0.178. The number of hydrogen-bond acceptors (Lipinski definition) is 4. The average Bonchev–Trinajstić information content (AvgIpc) is 2.69. The zero-order valence-corrected chi connectivity index (χ0v) is 13.8. The number of rotatable bonds is 3. The Balaban J connectivity index is 1.48. The lowest BCUT2D eigenvalue weighted by Gasteiger charge is -2.33. The minimum absolute atomic E-state index is 0.178. The van der Waals surface area contributed by atoms with Crippen molar-refractivity contribution in [1.82, 2.24) is 15.0 Å². The van der Waals surface area contributed by atoms with E-state index in [1.54, 1.807) is 18.7 Å². The highest BCUT2D eigenvalue weighted by atomic mass is 19.1. The molecular formula is C20H19FN4. The summed E-state index contributed by atoms with van der Waals surface area (Å²) in [5.74, 6) is 1.04. The molecule has 4 rings (SSSR count). The third-order valence-electron chi connectivity index (χ3n) is 4.78. The van der Waals surface area contributed by atoms with E-state index in [9.17, 15) is 4.39 Å². The first-order valence-electron chi connectivity index (χ1n) is 8.53. The van der Waals surface area contributed by atoms with Crippen LogP contribution < -0.4 is 4.90 Å². The van der Waals surface area contributed by atoms with Gasteiger partial charge >= 0.3 is 0 Å². The maximum atomic E-state index is 14.6. The second kappa shape index (κ2) is 6.97. The molecule has 4 nitrogen and oxygen atoms in total. The molecule has 0 bridgehead atoms.